The van der Waals surface area contributed by atoms with E-state index in [-0.39, 0.29) is 0 Å². The summed E-state index contributed by atoms with van der Waals surface area (Å²) in [7, 11) is 1.72. The summed E-state index contributed by atoms with van der Waals surface area (Å²) in [6.45, 7) is 1.72. The van der Waals surface area contributed by atoms with Gasteiger partial charge in [-0.1, -0.05) is 6.07 Å². The topological polar surface area (TPSA) is 34.1 Å². The Hall–Kier alpha value is -1.61. The van der Waals surface area contributed by atoms with E-state index in [0.717, 1.165) is 30.8 Å². The first-order valence-electron chi connectivity index (χ1n) is 5.48. The third-order valence-electron chi connectivity index (χ3n) is 2.46. The summed E-state index contributed by atoms with van der Waals surface area (Å²) in [6.07, 6.45) is 2.83. The second-order valence-electron chi connectivity index (χ2n) is 3.68. The first-order valence-corrected chi connectivity index (χ1v) is 5.48. The summed E-state index contributed by atoms with van der Waals surface area (Å²) in [4.78, 5) is 4.28. The van der Waals surface area contributed by atoms with E-state index in [4.69, 9.17) is 4.74 Å². The zero-order valence-electron chi connectivity index (χ0n) is 9.44. The number of hydrogen-bond donors (Lipinski definition) is 1. The summed E-state index contributed by atoms with van der Waals surface area (Å²) in [5.41, 5.74) is 2.17. The van der Waals surface area contributed by atoms with Crippen LogP contribution in [0.25, 0.3) is 10.9 Å². The second-order valence-corrected chi connectivity index (χ2v) is 3.68. The van der Waals surface area contributed by atoms with Gasteiger partial charge in [-0.05, 0) is 30.7 Å². The van der Waals surface area contributed by atoms with Gasteiger partial charge in [-0.15, -0.1) is 0 Å². The largest absolute Gasteiger partial charge is 0.385 e. The van der Waals surface area contributed by atoms with Crippen LogP contribution in [0.2, 0.25) is 0 Å². The molecule has 0 saturated heterocycles. The van der Waals surface area contributed by atoms with Crippen molar-refractivity contribution in [2.24, 2.45) is 0 Å². The van der Waals surface area contributed by atoms with Crippen molar-refractivity contribution in [1.29, 1.82) is 0 Å². The van der Waals surface area contributed by atoms with Crippen LogP contribution in [-0.4, -0.2) is 25.2 Å². The van der Waals surface area contributed by atoms with Gasteiger partial charge in [0.15, 0.2) is 0 Å². The highest BCUT2D eigenvalue weighted by Crippen LogP contribution is 2.16. The van der Waals surface area contributed by atoms with Crippen molar-refractivity contribution in [1.82, 2.24) is 4.98 Å². The molecule has 1 aromatic heterocycles. The molecule has 0 aliphatic rings. The number of benzene rings is 1. The second kappa shape index (κ2) is 5.47. The van der Waals surface area contributed by atoms with Crippen molar-refractivity contribution >= 4 is 16.6 Å². The molecule has 0 saturated carbocycles. The SMILES string of the molecule is COCCCNc1ccc2ncccc2c1. The predicted molar refractivity (Wildman–Crippen MR) is 66.7 cm³/mol. The fraction of sp³-hybridized carbons (Fsp3) is 0.308. The van der Waals surface area contributed by atoms with Crippen molar-refractivity contribution < 1.29 is 4.74 Å². The molecule has 2 rings (SSSR count). The quantitative estimate of drug-likeness (QED) is 0.780. The molecule has 0 radical (unpaired) electrons. The average Bonchev–Trinajstić information content (AvgIpc) is 2.34. The van der Waals surface area contributed by atoms with Gasteiger partial charge >= 0.3 is 0 Å². The van der Waals surface area contributed by atoms with Crippen LogP contribution in [-0.2, 0) is 4.74 Å². The van der Waals surface area contributed by atoms with Gasteiger partial charge in [0, 0.05) is 37.5 Å². The maximum Gasteiger partial charge on any atom is 0.0703 e. The number of nitrogens with zero attached hydrogens (tertiary/aromatic N) is 1. The number of methoxy groups -OCH3 is 1. The fourth-order valence-corrected chi connectivity index (χ4v) is 1.63. The predicted octanol–water partition coefficient (Wildman–Crippen LogP) is 2.68. The Kier molecular flexibility index (Phi) is 3.72. The third-order valence-corrected chi connectivity index (χ3v) is 2.46. The Morgan fingerprint density at radius 3 is 3.12 bits per heavy atom. The van der Waals surface area contributed by atoms with E-state index >= 15 is 0 Å². The van der Waals surface area contributed by atoms with E-state index in [0.29, 0.717) is 0 Å². The lowest BCUT2D eigenvalue weighted by molar-refractivity contribution is 0.198. The Morgan fingerprint density at radius 2 is 2.25 bits per heavy atom. The van der Waals surface area contributed by atoms with Crippen LogP contribution in [0.5, 0.6) is 0 Å². The molecule has 0 bridgehead atoms. The van der Waals surface area contributed by atoms with Crippen LogP contribution in [0.15, 0.2) is 36.5 Å². The zero-order chi connectivity index (χ0) is 11.2. The minimum atomic E-state index is 0.794. The summed E-state index contributed by atoms with van der Waals surface area (Å²) >= 11 is 0. The van der Waals surface area contributed by atoms with Gasteiger partial charge in [-0.25, -0.2) is 0 Å². The van der Waals surface area contributed by atoms with Crippen molar-refractivity contribution in [3.8, 4) is 0 Å². The monoisotopic (exact) mass is 216 g/mol. The van der Waals surface area contributed by atoms with Gasteiger partial charge in [0.25, 0.3) is 0 Å². The van der Waals surface area contributed by atoms with Crippen molar-refractivity contribution in [2.75, 3.05) is 25.6 Å². The van der Waals surface area contributed by atoms with E-state index in [2.05, 4.69) is 28.5 Å². The number of nitrogens with one attached hydrogen (secondary N) is 1. The van der Waals surface area contributed by atoms with E-state index in [9.17, 15) is 0 Å². The summed E-state index contributed by atoms with van der Waals surface area (Å²) < 4.78 is 5.00. The van der Waals surface area contributed by atoms with Gasteiger partial charge in [0.1, 0.15) is 0 Å². The molecule has 84 valence electrons. The lowest BCUT2D eigenvalue weighted by Crippen LogP contribution is -2.04. The highest BCUT2D eigenvalue weighted by molar-refractivity contribution is 5.82. The highest BCUT2D eigenvalue weighted by atomic mass is 16.5. The Bertz CT molecular complexity index is 456. The van der Waals surface area contributed by atoms with E-state index in [1.54, 1.807) is 7.11 Å². The maximum atomic E-state index is 5.00. The van der Waals surface area contributed by atoms with E-state index in [1.165, 1.54) is 5.39 Å². The number of rotatable bonds is 5. The number of ether oxygens (including phenoxy) is 1. The third kappa shape index (κ3) is 2.70. The molecular weight excluding hydrogens is 200 g/mol. The first kappa shape index (κ1) is 10.9. The molecule has 2 aromatic rings. The first-order chi connectivity index (χ1) is 7.90. The molecule has 0 spiro atoms. The molecule has 0 unspecified atom stereocenters. The Labute approximate surface area is 95.5 Å². The fourth-order valence-electron chi connectivity index (χ4n) is 1.63. The number of hydrogen-bond acceptors (Lipinski definition) is 3. The van der Waals surface area contributed by atoms with Gasteiger partial charge in [-0.2, -0.15) is 0 Å². The maximum absolute atomic E-state index is 5.00. The molecule has 1 aromatic carbocycles. The minimum Gasteiger partial charge on any atom is -0.385 e. The Morgan fingerprint density at radius 1 is 1.31 bits per heavy atom. The van der Waals surface area contributed by atoms with E-state index < -0.39 is 0 Å². The van der Waals surface area contributed by atoms with E-state index in [1.807, 2.05) is 18.3 Å². The smallest absolute Gasteiger partial charge is 0.0703 e. The zero-order valence-corrected chi connectivity index (χ0v) is 9.44. The van der Waals surface area contributed by atoms with Crippen LogP contribution in [0.1, 0.15) is 6.42 Å². The van der Waals surface area contributed by atoms with Crippen molar-refractivity contribution in [2.45, 2.75) is 6.42 Å². The normalized spacial score (nSPS) is 10.6. The molecule has 0 amide bonds. The molecule has 0 atom stereocenters. The van der Waals surface area contributed by atoms with Crippen LogP contribution in [0.4, 0.5) is 5.69 Å². The lowest BCUT2D eigenvalue weighted by atomic mass is 10.2. The minimum absolute atomic E-state index is 0.794. The number of aromatic nitrogens is 1. The van der Waals surface area contributed by atoms with Crippen molar-refractivity contribution in [3.05, 3.63) is 36.5 Å². The van der Waals surface area contributed by atoms with Gasteiger partial charge in [0.2, 0.25) is 0 Å². The lowest BCUT2D eigenvalue weighted by Gasteiger charge is -2.06. The van der Waals surface area contributed by atoms with Gasteiger partial charge < -0.3 is 10.1 Å². The van der Waals surface area contributed by atoms with Crippen LogP contribution < -0.4 is 5.32 Å². The van der Waals surface area contributed by atoms with Crippen LogP contribution in [0.3, 0.4) is 0 Å². The molecule has 0 aliphatic heterocycles. The molecule has 16 heavy (non-hydrogen) atoms. The van der Waals surface area contributed by atoms with Gasteiger partial charge in [-0.3, -0.25) is 4.98 Å². The molecule has 3 heteroatoms. The Balaban J connectivity index is 2.02. The molecular formula is C13H16N2O. The molecule has 1 heterocycles. The van der Waals surface area contributed by atoms with Crippen LogP contribution in [0, 0.1) is 0 Å². The summed E-state index contributed by atoms with van der Waals surface area (Å²) in [6, 6.07) is 10.2. The summed E-state index contributed by atoms with van der Waals surface area (Å²) in [5, 5.41) is 4.53. The number of pyridine rings is 1. The molecule has 0 aliphatic carbocycles. The van der Waals surface area contributed by atoms with Crippen LogP contribution >= 0.6 is 0 Å². The molecule has 0 fully saturated rings. The molecule has 3 nitrogen and oxygen atoms in total. The average molecular weight is 216 g/mol. The number of fused-ring (bicyclic) bond motifs is 1. The van der Waals surface area contributed by atoms with Crippen molar-refractivity contribution in [3.63, 3.8) is 0 Å². The molecule has 1 N–H and O–H groups in total. The number of anilines is 1. The summed E-state index contributed by atoms with van der Waals surface area (Å²) in [5.74, 6) is 0. The highest BCUT2D eigenvalue weighted by Gasteiger charge is 1.95. The van der Waals surface area contributed by atoms with Gasteiger partial charge in [0.05, 0.1) is 5.52 Å². The standard InChI is InChI=1S/C13H16N2O/c1-16-9-3-8-14-12-5-6-13-11(10-12)4-2-7-15-13/h2,4-7,10,14H,3,8-9H2,1H3.